The number of hydrogen-bond acceptors (Lipinski definition) is 4. The van der Waals surface area contributed by atoms with Gasteiger partial charge in [-0.2, -0.15) is 0 Å². The molecule has 2 heterocycles. The van der Waals surface area contributed by atoms with E-state index >= 15 is 0 Å². The molecule has 0 aromatic heterocycles. The normalized spacial score (nSPS) is 21.7. The summed E-state index contributed by atoms with van der Waals surface area (Å²) in [6, 6.07) is 7.40. The molecule has 1 aromatic rings. The number of amides is 2. The van der Waals surface area contributed by atoms with Gasteiger partial charge < -0.3 is 14.9 Å². The first kappa shape index (κ1) is 18.9. The van der Waals surface area contributed by atoms with Crippen LogP contribution in [-0.4, -0.2) is 83.0 Å². The topological polar surface area (TPSA) is 64.1 Å². The highest BCUT2D eigenvalue weighted by Crippen LogP contribution is 2.19. The van der Waals surface area contributed by atoms with Crippen molar-refractivity contribution in [3.8, 4) is 0 Å². The van der Waals surface area contributed by atoms with Crippen molar-refractivity contribution in [3.63, 3.8) is 0 Å². The Morgan fingerprint density at radius 2 is 1.81 bits per heavy atom. The molecule has 2 aliphatic heterocycles. The van der Waals surface area contributed by atoms with Crippen LogP contribution in [0, 0.1) is 0 Å². The fourth-order valence-corrected chi connectivity index (χ4v) is 3.60. The summed E-state index contributed by atoms with van der Waals surface area (Å²) in [5, 5.41) is 9.83. The van der Waals surface area contributed by atoms with Crippen LogP contribution in [0.4, 0.5) is 0 Å². The summed E-state index contributed by atoms with van der Waals surface area (Å²) in [5.41, 5.74) is 1.08. The first-order valence-electron chi connectivity index (χ1n) is 9.34. The quantitative estimate of drug-likeness (QED) is 0.871. The average Bonchev–Trinajstić information content (AvgIpc) is 2.62. The molecule has 1 unspecified atom stereocenters. The van der Waals surface area contributed by atoms with Crippen molar-refractivity contribution in [2.75, 3.05) is 39.8 Å². The van der Waals surface area contributed by atoms with E-state index in [0.717, 1.165) is 31.6 Å². The molecule has 0 radical (unpaired) electrons. The maximum absolute atomic E-state index is 12.8. The standard InChI is InChI=1S/C20H29N3O3/c1-20(2,26)9-8-15-4-6-16(7-5-15)18(24)23-13-12-22-11-10-21(3)19(25)17(22)14-23/h4-7,17,26H,8-14H2,1-3H3. The van der Waals surface area contributed by atoms with Crippen LogP contribution in [-0.2, 0) is 11.2 Å². The van der Waals surface area contributed by atoms with Crippen LogP contribution >= 0.6 is 0 Å². The number of benzene rings is 1. The maximum Gasteiger partial charge on any atom is 0.253 e. The van der Waals surface area contributed by atoms with Crippen molar-refractivity contribution in [2.45, 2.75) is 38.3 Å². The molecule has 0 spiro atoms. The van der Waals surface area contributed by atoms with E-state index < -0.39 is 5.60 Å². The van der Waals surface area contributed by atoms with E-state index in [9.17, 15) is 14.7 Å². The molecule has 2 amide bonds. The van der Waals surface area contributed by atoms with Gasteiger partial charge in [0.25, 0.3) is 5.91 Å². The largest absolute Gasteiger partial charge is 0.390 e. The summed E-state index contributed by atoms with van der Waals surface area (Å²) in [5.74, 6) is 0.0930. The molecule has 1 aromatic carbocycles. The number of likely N-dealkylation sites (N-methyl/N-ethyl adjacent to an activating group) is 1. The third kappa shape index (κ3) is 4.24. The molecule has 26 heavy (non-hydrogen) atoms. The number of piperazine rings is 2. The highest BCUT2D eigenvalue weighted by Gasteiger charge is 2.38. The zero-order valence-corrected chi connectivity index (χ0v) is 15.9. The van der Waals surface area contributed by atoms with Crippen LogP contribution in [0.25, 0.3) is 0 Å². The van der Waals surface area contributed by atoms with Gasteiger partial charge in [0.15, 0.2) is 0 Å². The molecule has 6 heteroatoms. The molecule has 0 aliphatic carbocycles. The summed E-state index contributed by atoms with van der Waals surface area (Å²) in [6.45, 7) is 7.11. The molecular formula is C20H29N3O3. The zero-order chi connectivity index (χ0) is 18.9. The number of fused-ring (bicyclic) bond motifs is 1. The van der Waals surface area contributed by atoms with E-state index in [-0.39, 0.29) is 17.9 Å². The number of nitrogens with zero attached hydrogens (tertiary/aromatic N) is 3. The second-order valence-electron chi connectivity index (χ2n) is 8.07. The molecule has 0 saturated carbocycles. The van der Waals surface area contributed by atoms with E-state index in [0.29, 0.717) is 25.1 Å². The predicted octanol–water partition coefficient (Wildman–Crippen LogP) is 0.988. The monoisotopic (exact) mass is 359 g/mol. The summed E-state index contributed by atoms with van der Waals surface area (Å²) in [4.78, 5) is 31.0. The highest BCUT2D eigenvalue weighted by atomic mass is 16.3. The molecule has 2 fully saturated rings. The third-order valence-corrected chi connectivity index (χ3v) is 5.39. The van der Waals surface area contributed by atoms with Gasteiger partial charge in [0.1, 0.15) is 6.04 Å². The van der Waals surface area contributed by atoms with Crippen molar-refractivity contribution in [2.24, 2.45) is 0 Å². The van der Waals surface area contributed by atoms with Gasteiger partial charge in [-0.15, -0.1) is 0 Å². The Morgan fingerprint density at radius 3 is 2.46 bits per heavy atom. The number of aliphatic hydroxyl groups is 1. The second-order valence-corrected chi connectivity index (χ2v) is 8.07. The Balaban J connectivity index is 1.63. The van der Waals surface area contributed by atoms with Crippen molar-refractivity contribution in [1.82, 2.24) is 14.7 Å². The minimum atomic E-state index is -0.687. The lowest BCUT2D eigenvalue weighted by atomic mass is 9.98. The molecule has 2 aliphatic rings. The van der Waals surface area contributed by atoms with Gasteiger partial charge in [-0.05, 0) is 44.4 Å². The summed E-state index contributed by atoms with van der Waals surface area (Å²) in [6.07, 6.45) is 1.46. The van der Waals surface area contributed by atoms with Gasteiger partial charge >= 0.3 is 0 Å². The summed E-state index contributed by atoms with van der Waals surface area (Å²) >= 11 is 0. The van der Waals surface area contributed by atoms with Crippen molar-refractivity contribution >= 4 is 11.8 Å². The highest BCUT2D eigenvalue weighted by molar-refractivity contribution is 5.95. The summed E-state index contributed by atoms with van der Waals surface area (Å²) in [7, 11) is 1.83. The van der Waals surface area contributed by atoms with Crippen molar-refractivity contribution in [3.05, 3.63) is 35.4 Å². The van der Waals surface area contributed by atoms with Crippen molar-refractivity contribution in [1.29, 1.82) is 0 Å². The van der Waals surface area contributed by atoms with Crippen molar-refractivity contribution < 1.29 is 14.7 Å². The number of rotatable bonds is 4. The van der Waals surface area contributed by atoms with Gasteiger partial charge in [-0.1, -0.05) is 12.1 Å². The molecule has 0 bridgehead atoms. The maximum atomic E-state index is 12.8. The van der Waals surface area contributed by atoms with E-state index in [4.69, 9.17) is 0 Å². The average molecular weight is 359 g/mol. The Labute approximate surface area is 155 Å². The van der Waals surface area contributed by atoms with Crippen LogP contribution in [0.15, 0.2) is 24.3 Å². The minimum Gasteiger partial charge on any atom is -0.390 e. The lowest BCUT2D eigenvalue weighted by Crippen LogP contribution is -2.64. The van der Waals surface area contributed by atoms with Crippen LogP contribution in [0.3, 0.4) is 0 Å². The molecule has 2 saturated heterocycles. The van der Waals surface area contributed by atoms with Gasteiger partial charge in [-0.3, -0.25) is 14.5 Å². The first-order chi connectivity index (χ1) is 12.2. The molecule has 1 atom stereocenters. The zero-order valence-electron chi connectivity index (χ0n) is 15.9. The lowest BCUT2D eigenvalue weighted by molar-refractivity contribution is -0.142. The molecule has 142 valence electrons. The van der Waals surface area contributed by atoms with Crippen LogP contribution in [0.5, 0.6) is 0 Å². The first-order valence-corrected chi connectivity index (χ1v) is 9.34. The van der Waals surface area contributed by atoms with Crippen LogP contribution in [0.2, 0.25) is 0 Å². The Morgan fingerprint density at radius 1 is 1.15 bits per heavy atom. The second kappa shape index (κ2) is 7.37. The number of aryl methyl sites for hydroxylation is 1. The van der Waals surface area contributed by atoms with E-state index in [1.54, 1.807) is 23.6 Å². The molecule has 1 N–H and O–H groups in total. The minimum absolute atomic E-state index is 0.0142. The van der Waals surface area contributed by atoms with E-state index in [1.165, 1.54) is 0 Å². The Kier molecular flexibility index (Phi) is 5.34. The number of carbonyl (C=O) groups excluding carboxylic acids is 2. The van der Waals surface area contributed by atoms with Crippen LogP contribution < -0.4 is 0 Å². The number of carbonyl (C=O) groups is 2. The van der Waals surface area contributed by atoms with Gasteiger partial charge in [0.05, 0.1) is 5.60 Å². The smallest absolute Gasteiger partial charge is 0.253 e. The lowest BCUT2D eigenvalue weighted by Gasteiger charge is -2.45. The van der Waals surface area contributed by atoms with Crippen LogP contribution in [0.1, 0.15) is 36.2 Å². The Hall–Kier alpha value is -1.92. The molecule has 3 rings (SSSR count). The predicted molar refractivity (Wildman–Crippen MR) is 100.0 cm³/mol. The Bertz CT molecular complexity index is 666. The fraction of sp³-hybridized carbons (Fsp3) is 0.600. The molecular weight excluding hydrogens is 330 g/mol. The van der Waals surface area contributed by atoms with Gasteiger partial charge in [0, 0.05) is 45.3 Å². The SMILES string of the molecule is CN1CCN2CCN(C(=O)c3ccc(CCC(C)(C)O)cc3)CC2C1=O. The third-order valence-electron chi connectivity index (χ3n) is 5.39. The summed E-state index contributed by atoms with van der Waals surface area (Å²) < 4.78 is 0. The van der Waals surface area contributed by atoms with Gasteiger partial charge in [0.2, 0.25) is 5.91 Å². The van der Waals surface area contributed by atoms with E-state index in [2.05, 4.69) is 4.90 Å². The van der Waals surface area contributed by atoms with Gasteiger partial charge in [-0.25, -0.2) is 0 Å². The number of hydrogen-bond donors (Lipinski definition) is 1. The fourth-order valence-electron chi connectivity index (χ4n) is 3.60. The van der Waals surface area contributed by atoms with E-state index in [1.807, 2.05) is 31.3 Å². The molecule has 6 nitrogen and oxygen atoms in total.